The van der Waals surface area contributed by atoms with Crippen molar-refractivity contribution in [2.75, 3.05) is 0 Å². The van der Waals surface area contributed by atoms with Gasteiger partial charge in [-0.2, -0.15) is 0 Å². The molecule has 100 valence electrons. The van der Waals surface area contributed by atoms with Crippen LogP contribution in [0.5, 0.6) is 0 Å². The summed E-state index contributed by atoms with van der Waals surface area (Å²) in [5.74, 6) is 1.19. The van der Waals surface area contributed by atoms with Crippen LogP contribution < -0.4 is 5.32 Å². The van der Waals surface area contributed by atoms with Crippen LogP contribution in [0.15, 0.2) is 0 Å². The minimum absolute atomic E-state index is 0.171. The molecule has 1 fully saturated rings. The molecule has 3 heteroatoms. The van der Waals surface area contributed by atoms with Crippen molar-refractivity contribution in [3.05, 3.63) is 0 Å². The Morgan fingerprint density at radius 3 is 2.18 bits per heavy atom. The summed E-state index contributed by atoms with van der Waals surface area (Å²) in [4.78, 5) is 14.7. The van der Waals surface area contributed by atoms with Gasteiger partial charge in [0.2, 0.25) is 5.91 Å². The first kappa shape index (κ1) is 14.5. The van der Waals surface area contributed by atoms with Gasteiger partial charge >= 0.3 is 0 Å². The van der Waals surface area contributed by atoms with Crippen molar-refractivity contribution in [2.24, 2.45) is 11.8 Å². The summed E-state index contributed by atoms with van der Waals surface area (Å²) in [7, 11) is 0. The first-order chi connectivity index (χ1) is 7.74. The molecule has 1 aliphatic rings. The zero-order chi connectivity index (χ0) is 13.4. The molecule has 0 bridgehead atoms. The van der Waals surface area contributed by atoms with Crippen LogP contribution in [0.1, 0.15) is 54.9 Å². The lowest BCUT2D eigenvalue weighted by molar-refractivity contribution is -0.136. The van der Waals surface area contributed by atoms with Crippen LogP contribution >= 0.6 is 0 Å². The Balaban J connectivity index is 3.03. The van der Waals surface area contributed by atoms with E-state index in [1.54, 1.807) is 0 Å². The van der Waals surface area contributed by atoms with Crippen LogP contribution in [-0.2, 0) is 4.79 Å². The van der Waals surface area contributed by atoms with E-state index in [0.717, 1.165) is 6.42 Å². The fraction of sp³-hybridized carbons (Fsp3) is 0.929. The molecule has 1 amide bonds. The maximum Gasteiger partial charge on any atom is 0.244 e. The molecule has 0 aromatic rings. The molecular weight excluding hydrogens is 212 g/mol. The van der Waals surface area contributed by atoms with E-state index in [9.17, 15) is 4.79 Å². The Morgan fingerprint density at radius 1 is 1.29 bits per heavy atom. The van der Waals surface area contributed by atoms with Crippen LogP contribution in [0, 0.1) is 11.8 Å². The van der Waals surface area contributed by atoms with Crippen molar-refractivity contribution in [3.63, 3.8) is 0 Å². The summed E-state index contributed by atoms with van der Waals surface area (Å²) in [6, 6.07) is 0.288. The monoisotopic (exact) mass is 240 g/mol. The second-order valence-electron chi connectivity index (χ2n) is 6.22. The lowest BCUT2D eigenvalue weighted by Crippen LogP contribution is -2.48. The molecular formula is C14H28N2O. The Hall–Kier alpha value is -0.570. The van der Waals surface area contributed by atoms with E-state index < -0.39 is 0 Å². The van der Waals surface area contributed by atoms with Crippen LogP contribution in [0.25, 0.3) is 0 Å². The molecule has 3 unspecified atom stereocenters. The van der Waals surface area contributed by atoms with E-state index in [0.29, 0.717) is 11.8 Å². The van der Waals surface area contributed by atoms with Crippen LogP contribution in [0.4, 0.5) is 0 Å². The van der Waals surface area contributed by atoms with Gasteiger partial charge in [0.05, 0.1) is 11.7 Å². The van der Waals surface area contributed by atoms with Gasteiger partial charge in [-0.15, -0.1) is 0 Å². The molecule has 3 nitrogen and oxygen atoms in total. The van der Waals surface area contributed by atoms with Gasteiger partial charge in [-0.05, 0) is 32.1 Å². The minimum Gasteiger partial charge on any atom is -0.322 e. The SMILES string of the molecule is CCC1(C)NC(C(C)C)N(C(C)C(C)C)C1=O. The van der Waals surface area contributed by atoms with Crippen molar-refractivity contribution in [3.8, 4) is 0 Å². The second-order valence-corrected chi connectivity index (χ2v) is 6.22. The molecule has 0 aromatic carbocycles. The lowest BCUT2D eigenvalue weighted by atomic mass is 9.97. The fourth-order valence-corrected chi connectivity index (χ4v) is 2.37. The van der Waals surface area contributed by atoms with Crippen LogP contribution in [0.2, 0.25) is 0 Å². The smallest absolute Gasteiger partial charge is 0.244 e. The van der Waals surface area contributed by atoms with Crippen LogP contribution in [0.3, 0.4) is 0 Å². The van der Waals surface area contributed by atoms with Crippen LogP contribution in [-0.4, -0.2) is 28.6 Å². The van der Waals surface area contributed by atoms with E-state index in [4.69, 9.17) is 0 Å². The number of hydrogen-bond acceptors (Lipinski definition) is 2. The molecule has 0 aromatic heterocycles. The number of nitrogens with one attached hydrogen (secondary N) is 1. The average molecular weight is 240 g/mol. The number of rotatable bonds is 4. The molecule has 1 heterocycles. The highest BCUT2D eigenvalue weighted by molar-refractivity contribution is 5.88. The van der Waals surface area contributed by atoms with Crippen molar-refractivity contribution in [1.29, 1.82) is 0 Å². The summed E-state index contributed by atoms with van der Waals surface area (Å²) >= 11 is 0. The molecule has 17 heavy (non-hydrogen) atoms. The largest absolute Gasteiger partial charge is 0.322 e. The summed E-state index contributed by atoms with van der Waals surface area (Å²) in [6.45, 7) is 15.0. The van der Waals surface area contributed by atoms with Gasteiger partial charge in [0.1, 0.15) is 0 Å². The Morgan fingerprint density at radius 2 is 1.82 bits per heavy atom. The molecule has 0 aliphatic carbocycles. The molecule has 1 rings (SSSR count). The number of nitrogens with zero attached hydrogens (tertiary/aromatic N) is 1. The predicted octanol–water partition coefficient (Wildman–Crippen LogP) is 2.61. The van der Waals surface area contributed by atoms with Crippen molar-refractivity contribution in [1.82, 2.24) is 10.2 Å². The standard InChI is InChI=1S/C14H28N2O/c1-8-14(7)13(17)16(11(6)9(2)3)12(15-14)10(4)5/h9-12,15H,8H2,1-7H3. The molecule has 1 saturated heterocycles. The molecule has 1 aliphatic heterocycles. The van der Waals surface area contributed by atoms with Crippen molar-refractivity contribution >= 4 is 5.91 Å². The fourth-order valence-electron chi connectivity index (χ4n) is 2.37. The van der Waals surface area contributed by atoms with E-state index in [-0.39, 0.29) is 23.7 Å². The number of carbonyl (C=O) groups excluding carboxylic acids is 1. The zero-order valence-corrected chi connectivity index (χ0v) is 12.4. The number of carbonyl (C=O) groups is 1. The summed E-state index contributed by atoms with van der Waals surface area (Å²) < 4.78 is 0. The normalized spacial score (nSPS) is 31.7. The Labute approximate surface area is 106 Å². The van der Waals surface area contributed by atoms with Gasteiger partial charge in [-0.1, -0.05) is 34.6 Å². The molecule has 3 atom stereocenters. The predicted molar refractivity (Wildman–Crippen MR) is 71.6 cm³/mol. The van der Waals surface area contributed by atoms with Gasteiger partial charge in [-0.25, -0.2) is 0 Å². The molecule has 0 saturated carbocycles. The highest BCUT2D eigenvalue weighted by atomic mass is 16.2. The Kier molecular flexibility index (Phi) is 4.23. The Bertz CT molecular complexity index is 288. The number of amides is 1. The van der Waals surface area contributed by atoms with Gasteiger partial charge in [0.15, 0.2) is 0 Å². The maximum atomic E-state index is 12.6. The van der Waals surface area contributed by atoms with E-state index in [1.807, 2.05) is 6.92 Å². The maximum absolute atomic E-state index is 12.6. The van der Waals surface area contributed by atoms with E-state index in [2.05, 4.69) is 51.8 Å². The second kappa shape index (κ2) is 4.97. The minimum atomic E-state index is -0.377. The third kappa shape index (κ3) is 2.49. The van der Waals surface area contributed by atoms with Gasteiger partial charge in [0, 0.05) is 6.04 Å². The molecule has 0 radical (unpaired) electrons. The van der Waals surface area contributed by atoms with Gasteiger partial charge in [-0.3, -0.25) is 10.1 Å². The number of hydrogen-bond donors (Lipinski definition) is 1. The first-order valence-corrected chi connectivity index (χ1v) is 6.85. The highest BCUT2D eigenvalue weighted by Crippen LogP contribution is 2.30. The quantitative estimate of drug-likeness (QED) is 0.819. The molecule has 0 spiro atoms. The topological polar surface area (TPSA) is 32.3 Å². The van der Waals surface area contributed by atoms with E-state index >= 15 is 0 Å². The first-order valence-electron chi connectivity index (χ1n) is 6.85. The summed E-state index contributed by atoms with van der Waals surface area (Å²) in [5, 5.41) is 3.53. The average Bonchev–Trinajstić information content (AvgIpc) is 2.52. The van der Waals surface area contributed by atoms with Gasteiger partial charge in [0.25, 0.3) is 0 Å². The summed E-state index contributed by atoms with van der Waals surface area (Å²) in [5.41, 5.74) is -0.377. The third-order valence-corrected chi connectivity index (χ3v) is 4.21. The van der Waals surface area contributed by atoms with Crippen molar-refractivity contribution < 1.29 is 4.79 Å². The lowest BCUT2D eigenvalue weighted by Gasteiger charge is -2.34. The highest BCUT2D eigenvalue weighted by Gasteiger charge is 2.49. The zero-order valence-electron chi connectivity index (χ0n) is 12.4. The molecule has 1 N–H and O–H groups in total. The summed E-state index contributed by atoms with van der Waals surface area (Å²) in [6.07, 6.45) is 1.01. The third-order valence-electron chi connectivity index (χ3n) is 4.21. The van der Waals surface area contributed by atoms with E-state index in [1.165, 1.54) is 0 Å². The van der Waals surface area contributed by atoms with Gasteiger partial charge < -0.3 is 4.90 Å². The van der Waals surface area contributed by atoms with Crippen molar-refractivity contribution in [2.45, 2.75) is 72.6 Å².